The molecule has 112 valence electrons. The number of carbonyl (C=O) groups excluding carboxylic acids is 1. The molecular weight excluding hydrogens is 250 g/mol. The van der Waals surface area contributed by atoms with E-state index >= 15 is 0 Å². The molecule has 1 saturated heterocycles. The normalized spacial score (nSPS) is 16.7. The molecule has 0 saturated carbocycles. The number of aryl methyl sites for hydroxylation is 1. The highest BCUT2D eigenvalue weighted by atomic mass is 16.2. The minimum Gasteiger partial charge on any atom is -0.349 e. The fourth-order valence-electron chi connectivity index (χ4n) is 3.19. The van der Waals surface area contributed by atoms with E-state index in [1.807, 2.05) is 4.90 Å². The van der Waals surface area contributed by atoms with E-state index in [0.717, 1.165) is 39.0 Å². The second-order valence-electron chi connectivity index (χ2n) is 5.80. The summed E-state index contributed by atoms with van der Waals surface area (Å²) in [6.07, 6.45) is 2.12. The molecule has 0 aromatic carbocycles. The summed E-state index contributed by atoms with van der Waals surface area (Å²) in [6.45, 7) is 12.0. The number of amides is 1. The van der Waals surface area contributed by atoms with Crippen LogP contribution in [0.3, 0.4) is 0 Å². The Balaban J connectivity index is 1.86. The van der Waals surface area contributed by atoms with Crippen LogP contribution in [0.4, 0.5) is 0 Å². The number of likely N-dealkylation sites (tertiary alicyclic amines) is 1. The maximum atomic E-state index is 11.3. The number of hydrogen-bond donors (Lipinski definition) is 1. The van der Waals surface area contributed by atoms with Gasteiger partial charge in [0, 0.05) is 50.5 Å². The average molecular weight is 277 g/mol. The van der Waals surface area contributed by atoms with E-state index in [9.17, 15) is 4.79 Å². The molecule has 20 heavy (non-hydrogen) atoms. The molecule has 0 aliphatic carbocycles. The van der Waals surface area contributed by atoms with Crippen LogP contribution >= 0.6 is 0 Å². The van der Waals surface area contributed by atoms with Gasteiger partial charge in [-0.05, 0) is 45.2 Å². The van der Waals surface area contributed by atoms with E-state index in [1.54, 1.807) is 6.92 Å². The third-order valence-electron chi connectivity index (χ3n) is 4.52. The lowest BCUT2D eigenvalue weighted by atomic mass is 10.0. The fraction of sp³-hybridized carbons (Fsp3) is 0.688. The highest BCUT2D eigenvalue weighted by molar-refractivity contribution is 5.73. The Morgan fingerprint density at radius 1 is 1.35 bits per heavy atom. The summed E-state index contributed by atoms with van der Waals surface area (Å²) in [4.78, 5) is 13.3. The molecule has 1 aromatic heterocycles. The van der Waals surface area contributed by atoms with Crippen LogP contribution in [0.1, 0.15) is 43.6 Å². The second-order valence-corrected chi connectivity index (χ2v) is 5.80. The van der Waals surface area contributed by atoms with Gasteiger partial charge in [0.15, 0.2) is 0 Å². The standard InChI is InChI=1S/C16H27N3O/c1-5-19-12(2)10-15(13(19)3)11-17-16-6-8-18(9-7-16)14(4)20/h10,16-17H,5-9,11H2,1-4H3. The van der Waals surface area contributed by atoms with Crippen molar-refractivity contribution in [2.45, 2.75) is 59.7 Å². The summed E-state index contributed by atoms with van der Waals surface area (Å²) in [6, 6.07) is 2.83. The fourth-order valence-corrected chi connectivity index (χ4v) is 3.19. The predicted molar refractivity (Wildman–Crippen MR) is 81.7 cm³/mol. The van der Waals surface area contributed by atoms with Crippen LogP contribution in [0.2, 0.25) is 0 Å². The van der Waals surface area contributed by atoms with Gasteiger partial charge in [0.2, 0.25) is 5.91 Å². The Bertz CT molecular complexity index is 470. The summed E-state index contributed by atoms with van der Waals surface area (Å²) >= 11 is 0. The first kappa shape index (κ1) is 15.1. The van der Waals surface area contributed by atoms with Crippen molar-refractivity contribution in [3.8, 4) is 0 Å². The third kappa shape index (κ3) is 3.23. The lowest BCUT2D eigenvalue weighted by Gasteiger charge is -2.31. The minimum absolute atomic E-state index is 0.204. The van der Waals surface area contributed by atoms with Crippen LogP contribution in [-0.2, 0) is 17.9 Å². The van der Waals surface area contributed by atoms with Gasteiger partial charge in [-0.25, -0.2) is 0 Å². The number of rotatable bonds is 4. The van der Waals surface area contributed by atoms with E-state index in [-0.39, 0.29) is 5.91 Å². The summed E-state index contributed by atoms with van der Waals surface area (Å²) < 4.78 is 2.36. The van der Waals surface area contributed by atoms with Crippen molar-refractivity contribution in [2.24, 2.45) is 0 Å². The van der Waals surface area contributed by atoms with Crippen LogP contribution in [0.15, 0.2) is 6.07 Å². The molecule has 0 bridgehead atoms. The Labute approximate surface area is 122 Å². The maximum Gasteiger partial charge on any atom is 0.219 e. The smallest absolute Gasteiger partial charge is 0.219 e. The zero-order valence-electron chi connectivity index (χ0n) is 13.2. The first-order valence-corrected chi connectivity index (χ1v) is 7.67. The number of hydrogen-bond acceptors (Lipinski definition) is 2. The predicted octanol–water partition coefficient (Wildman–Crippen LogP) is 2.23. The SMILES string of the molecule is CCn1c(C)cc(CNC2CCN(C(C)=O)CC2)c1C. The van der Waals surface area contributed by atoms with Crippen LogP contribution in [-0.4, -0.2) is 34.5 Å². The molecule has 1 aliphatic heterocycles. The van der Waals surface area contributed by atoms with E-state index in [1.165, 1.54) is 17.0 Å². The zero-order valence-corrected chi connectivity index (χ0v) is 13.2. The van der Waals surface area contributed by atoms with Crippen molar-refractivity contribution < 1.29 is 4.79 Å². The van der Waals surface area contributed by atoms with E-state index in [0.29, 0.717) is 6.04 Å². The van der Waals surface area contributed by atoms with Crippen LogP contribution < -0.4 is 5.32 Å². The van der Waals surface area contributed by atoms with Crippen LogP contribution in [0.5, 0.6) is 0 Å². The topological polar surface area (TPSA) is 37.3 Å². The molecule has 0 unspecified atom stereocenters. The van der Waals surface area contributed by atoms with Crippen molar-refractivity contribution in [3.63, 3.8) is 0 Å². The molecule has 0 radical (unpaired) electrons. The molecule has 1 aliphatic rings. The van der Waals surface area contributed by atoms with E-state index < -0.39 is 0 Å². The molecule has 1 amide bonds. The monoisotopic (exact) mass is 277 g/mol. The number of aromatic nitrogens is 1. The minimum atomic E-state index is 0.204. The molecule has 4 nitrogen and oxygen atoms in total. The van der Waals surface area contributed by atoms with Crippen molar-refractivity contribution in [1.29, 1.82) is 0 Å². The summed E-state index contributed by atoms with van der Waals surface area (Å²) in [5.41, 5.74) is 4.12. The first-order valence-electron chi connectivity index (χ1n) is 7.67. The third-order valence-corrected chi connectivity index (χ3v) is 4.52. The van der Waals surface area contributed by atoms with Crippen LogP contribution in [0.25, 0.3) is 0 Å². The average Bonchev–Trinajstić information content (AvgIpc) is 2.71. The molecule has 1 N–H and O–H groups in total. The van der Waals surface area contributed by atoms with Gasteiger partial charge in [-0.3, -0.25) is 4.79 Å². The van der Waals surface area contributed by atoms with Gasteiger partial charge in [-0.1, -0.05) is 0 Å². The summed E-state index contributed by atoms with van der Waals surface area (Å²) in [7, 11) is 0. The molecule has 2 rings (SSSR count). The molecule has 1 fully saturated rings. The Morgan fingerprint density at radius 3 is 2.50 bits per heavy atom. The van der Waals surface area contributed by atoms with Crippen molar-refractivity contribution in [2.75, 3.05) is 13.1 Å². The van der Waals surface area contributed by atoms with E-state index in [2.05, 4.69) is 36.7 Å². The second kappa shape index (κ2) is 6.44. The van der Waals surface area contributed by atoms with Gasteiger partial charge in [-0.15, -0.1) is 0 Å². The van der Waals surface area contributed by atoms with Crippen molar-refractivity contribution >= 4 is 5.91 Å². The Kier molecular flexibility index (Phi) is 4.86. The number of nitrogens with zero attached hydrogens (tertiary/aromatic N) is 2. The maximum absolute atomic E-state index is 11.3. The van der Waals surface area contributed by atoms with Gasteiger partial charge in [0.1, 0.15) is 0 Å². The van der Waals surface area contributed by atoms with Gasteiger partial charge in [0.05, 0.1) is 0 Å². The molecule has 0 spiro atoms. The lowest BCUT2D eigenvalue weighted by molar-refractivity contribution is -0.129. The number of nitrogens with one attached hydrogen (secondary N) is 1. The first-order chi connectivity index (χ1) is 9.52. The van der Waals surface area contributed by atoms with E-state index in [4.69, 9.17) is 0 Å². The molecule has 0 atom stereocenters. The number of carbonyl (C=O) groups is 1. The summed E-state index contributed by atoms with van der Waals surface area (Å²) in [5, 5.41) is 3.65. The van der Waals surface area contributed by atoms with Crippen molar-refractivity contribution in [1.82, 2.24) is 14.8 Å². The van der Waals surface area contributed by atoms with Gasteiger partial charge in [-0.2, -0.15) is 0 Å². The molecule has 4 heteroatoms. The quantitative estimate of drug-likeness (QED) is 0.916. The lowest BCUT2D eigenvalue weighted by Crippen LogP contribution is -2.43. The molecule has 2 heterocycles. The highest BCUT2D eigenvalue weighted by Gasteiger charge is 2.20. The van der Waals surface area contributed by atoms with Gasteiger partial charge in [0.25, 0.3) is 0 Å². The highest BCUT2D eigenvalue weighted by Crippen LogP contribution is 2.16. The Morgan fingerprint density at radius 2 is 2.00 bits per heavy atom. The molecular formula is C16H27N3O. The largest absolute Gasteiger partial charge is 0.349 e. The van der Waals surface area contributed by atoms with Gasteiger partial charge < -0.3 is 14.8 Å². The molecule has 1 aromatic rings. The van der Waals surface area contributed by atoms with Crippen LogP contribution in [0, 0.1) is 13.8 Å². The van der Waals surface area contributed by atoms with Crippen molar-refractivity contribution in [3.05, 3.63) is 23.0 Å². The van der Waals surface area contributed by atoms with Gasteiger partial charge >= 0.3 is 0 Å². The Hall–Kier alpha value is -1.29. The zero-order chi connectivity index (χ0) is 14.7. The summed E-state index contributed by atoms with van der Waals surface area (Å²) in [5.74, 6) is 0.204. The number of piperidine rings is 1.